The number of carbonyl (C=O) groups is 1. The number of ether oxygens (including phenoxy) is 2. The molecule has 106 valence electrons. The molecule has 0 fully saturated rings. The maximum Gasteiger partial charge on any atom is 0.170 e. The fourth-order valence-electron chi connectivity index (χ4n) is 1.72. The van der Waals surface area contributed by atoms with Crippen molar-refractivity contribution < 1.29 is 14.3 Å². The second kappa shape index (κ2) is 7.47. The van der Waals surface area contributed by atoms with Crippen LogP contribution in [0.3, 0.4) is 0 Å². The summed E-state index contributed by atoms with van der Waals surface area (Å²) in [6.45, 7) is 2.04. The van der Waals surface area contributed by atoms with Crippen LogP contribution in [-0.2, 0) is 0 Å². The quantitative estimate of drug-likeness (QED) is 0.554. The smallest absolute Gasteiger partial charge is 0.170 e. The fraction of sp³-hybridized carbons (Fsp3) is 0.462. The van der Waals surface area contributed by atoms with Crippen molar-refractivity contribution in [3.8, 4) is 11.5 Å². The van der Waals surface area contributed by atoms with Gasteiger partial charge in [0, 0.05) is 6.42 Å². The van der Waals surface area contributed by atoms with Crippen LogP contribution in [0.2, 0.25) is 5.02 Å². The van der Waals surface area contributed by atoms with E-state index in [0.717, 1.165) is 6.42 Å². The van der Waals surface area contributed by atoms with Gasteiger partial charge in [-0.2, -0.15) is 0 Å². The molecule has 6 heteroatoms. The third-order valence-corrected chi connectivity index (χ3v) is 3.86. The maximum absolute atomic E-state index is 12.4. The van der Waals surface area contributed by atoms with Crippen molar-refractivity contribution in [2.24, 2.45) is 0 Å². The molecule has 2 atom stereocenters. The van der Waals surface area contributed by atoms with Gasteiger partial charge in [-0.25, -0.2) is 0 Å². The van der Waals surface area contributed by atoms with Gasteiger partial charge in [-0.15, -0.1) is 9.24 Å². The zero-order valence-electron chi connectivity index (χ0n) is 11.1. The Kier molecular flexibility index (Phi) is 6.58. The second-order valence-electron chi connectivity index (χ2n) is 4.22. The minimum atomic E-state index is -0.0359. The lowest BCUT2D eigenvalue weighted by Gasteiger charge is -2.15. The van der Waals surface area contributed by atoms with Gasteiger partial charge in [0.05, 0.1) is 23.7 Å². The lowest BCUT2D eigenvalue weighted by atomic mass is 10.0. The minimum absolute atomic E-state index is 0.0359. The van der Waals surface area contributed by atoms with Gasteiger partial charge in [-0.3, -0.25) is 4.79 Å². The van der Waals surface area contributed by atoms with Gasteiger partial charge in [0.15, 0.2) is 11.5 Å². The standard InChI is InChI=1S/C13H17BrClO3P/c1-7(19)4-5-10(16)11-12(17-2)8(14)6-9(15)13(11)18-3/h6-7H,4-5,19H2,1-3H3. The molecular weight excluding hydrogens is 350 g/mol. The summed E-state index contributed by atoms with van der Waals surface area (Å²) in [5.74, 6) is 0.789. The normalized spacial score (nSPS) is 12.1. The molecule has 0 aliphatic rings. The van der Waals surface area contributed by atoms with Crippen LogP contribution < -0.4 is 9.47 Å². The summed E-state index contributed by atoms with van der Waals surface area (Å²) in [5.41, 5.74) is 0.776. The lowest BCUT2D eigenvalue weighted by molar-refractivity contribution is 0.0974. The van der Waals surface area contributed by atoms with Crippen molar-refractivity contribution in [2.75, 3.05) is 14.2 Å². The van der Waals surface area contributed by atoms with E-state index in [1.807, 2.05) is 6.92 Å². The number of methoxy groups -OCH3 is 2. The Morgan fingerprint density at radius 2 is 2.00 bits per heavy atom. The predicted octanol–water partition coefficient (Wildman–Crippen LogP) is 4.35. The van der Waals surface area contributed by atoms with Crippen LogP contribution in [0.5, 0.6) is 11.5 Å². The molecule has 0 saturated carbocycles. The highest BCUT2D eigenvalue weighted by molar-refractivity contribution is 9.10. The van der Waals surface area contributed by atoms with Crippen molar-refractivity contribution in [3.63, 3.8) is 0 Å². The van der Waals surface area contributed by atoms with Gasteiger partial charge in [0.25, 0.3) is 0 Å². The molecule has 0 aliphatic carbocycles. The predicted molar refractivity (Wildman–Crippen MR) is 85.0 cm³/mol. The molecule has 0 aromatic heterocycles. The summed E-state index contributed by atoms with van der Waals surface area (Å²) < 4.78 is 11.2. The second-order valence-corrected chi connectivity index (χ2v) is 6.62. The molecule has 0 spiro atoms. The summed E-state index contributed by atoms with van der Waals surface area (Å²) in [6.07, 6.45) is 1.20. The van der Waals surface area contributed by atoms with Crippen molar-refractivity contribution in [3.05, 3.63) is 21.1 Å². The Labute approximate surface area is 129 Å². The van der Waals surface area contributed by atoms with Crippen LogP contribution in [0.1, 0.15) is 30.1 Å². The highest BCUT2D eigenvalue weighted by Gasteiger charge is 2.23. The van der Waals surface area contributed by atoms with Crippen LogP contribution >= 0.6 is 36.8 Å². The Hall–Kier alpha value is -0.310. The van der Waals surface area contributed by atoms with E-state index >= 15 is 0 Å². The molecule has 0 heterocycles. The molecule has 3 nitrogen and oxygen atoms in total. The van der Waals surface area contributed by atoms with Gasteiger partial charge in [0.2, 0.25) is 0 Å². The largest absolute Gasteiger partial charge is 0.495 e. The topological polar surface area (TPSA) is 35.5 Å². The van der Waals surface area contributed by atoms with Gasteiger partial charge in [-0.05, 0) is 34.1 Å². The van der Waals surface area contributed by atoms with Crippen molar-refractivity contribution in [1.29, 1.82) is 0 Å². The van der Waals surface area contributed by atoms with E-state index in [0.29, 0.717) is 38.6 Å². The van der Waals surface area contributed by atoms with E-state index in [9.17, 15) is 4.79 Å². The summed E-state index contributed by atoms with van der Waals surface area (Å²) in [7, 11) is 5.68. The number of hydrogen-bond donors (Lipinski definition) is 0. The highest BCUT2D eigenvalue weighted by Crippen LogP contribution is 2.41. The average molecular weight is 368 g/mol. The van der Waals surface area contributed by atoms with Crippen LogP contribution in [-0.4, -0.2) is 25.7 Å². The fourth-order valence-corrected chi connectivity index (χ4v) is 2.89. The molecule has 0 saturated heterocycles. The number of hydrogen-bond acceptors (Lipinski definition) is 3. The Morgan fingerprint density at radius 3 is 2.47 bits per heavy atom. The van der Waals surface area contributed by atoms with Crippen LogP contribution in [0.25, 0.3) is 0 Å². The van der Waals surface area contributed by atoms with Crippen LogP contribution in [0.15, 0.2) is 10.5 Å². The van der Waals surface area contributed by atoms with Crippen molar-refractivity contribution in [1.82, 2.24) is 0 Å². The first kappa shape index (κ1) is 16.7. The van der Waals surface area contributed by atoms with Crippen LogP contribution in [0.4, 0.5) is 0 Å². The Balaban J connectivity index is 3.25. The third-order valence-electron chi connectivity index (χ3n) is 2.66. The monoisotopic (exact) mass is 366 g/mol. The number of Topliss-reactive ketones (excluding diaryl/α,β-unsaturated/α-hetero) is 1. The lowest BCUT2D eigenvalue weighted by Crippen LogP contribution is -2.08. The summed E-state index contributed by atoms with van der Waals surface area (Å²) in [6, 6.07) is 1.66. The number of rotatable bonds is 6. The molecule has 2 unspecified atom stereocenters. The van der Waals surface area contributed by atoms with Crippen molar-refractivity contribution >= 4 is 42.6 Å². The van der Waals surface area contributed by atoms with E-state index < -0.39 is 0 Å². The summed E-state index contributed by atoms with van der Waals surface area (Å²) in [4.78, 5) is 12.4. The molecule has 1 rings (SSSR count). The average Bonchev–Trinajstić information content (AvgIpc) is 2.35. The van der Waals surface area contributed by atoms with E-state index in [2.05, 4.69) is 25.2 Å². The van der Waals surface area contributed by atoms with E-state index in [1.54, 1.807) is 6.07 Å². The molecule has 19 heavy (non-hydrogen) atoms. The van der Waals surface area contributed by atoms with E-state index in [4.69, 9.17) is 21.1 Å². The highest BCUT2D eigenvalue weighted by atomic mass is 79.9. The first-order chi connectivity index (χ1) is 8.92. The number of halogens is 2. The SMILES string of the molecule is COc1c(Cl)cc(Br)c(OC)c1C(=O)CCC(C)P. The number of ketones is 1. The third kappa shape index (κ3) is 4.08. The Morgan fingerprint density at radius 1 is 1.42 bits per heavy atom. The minimum Gasteiger partial charge on any atom is -0.495 e. The van der Waals surface area contributed by atoms with Gasteiger partial charge in [0.1, 0.15) is 11.3 Å². The summed E-state index contributed by atoms with van der Waals surface area (Å²) in [5, 5.41) is 0.387. The zero-order chi connectivity index (χ0) is 14.6. The molecule has 0 aliphatic heterocycles. The molecule has 0 bridgehead atoms. The first-order valence-corrected chi connectivity index (χ1v) is 7.64. The molecule has 1 aromatic rings. The van der Waals surface area contributed by atoms with Gasteiger partial charge < -0.3 is 9.47 Å². The van der Waals surface area contributed by atoms with Crippen molar-refractivity contribution in [2.45, 2.75) is 25.4 Å². The number of benzene rings is 1. The summed E-state index contributed by atoms with van der Waals surface area (Å²) >= 11 is 9.45. The molecule has 0 amide bonds. The van der Waals surface area contributed by atoms with E-state index in [-0.39, 0.29) is 5.78 Å². The van der Waals surface area contributed by atoms with E-state index in [1.165, 1.54) is 14.2 Å². The molecule has 0 radical (unpaired) electrons. The first-order valence-electron chi connectivity index (χ1n) is 5.81. The van der Waals surface area contributed by atoms with Crippen LogP contribution in [0, 0.1) is 0 Å². The molecule has 1 aromatic carbocycles. The number of carbonyl (C=O) groups excluding carboxylic acids is 1. The Bertz CT molecular complexity index is 449. The molecule has 0 N–H and O–H groups in total. The zero-order valence-corrected chi connectivity index (χ0v) is 14.6. The van der Waals surface area contributed by atoms with Gasteiger partial charge in [-0.1, -0.05) is 18.5 Å². The molecular formula is C13H17BrClO3P. The van der Waals surface area contributed by atoms with Gasteiger partial charge >= 0.3 is 0 Å². The maximum atomic E-state index is 12.4.